The van der Waals surface area contributed by atoms with Gasteiger partial charge in [-0.3, -0.25) is 0 Å². The summed E-state index contributed by atoms with van der Waals surface area (Å²) in [5.74, 6) is 2.75. The van der Waals surface area contributed by atoms with Crippen molar-refractivity contribution < 1.29 is 0 Å². The highest BCUT2D eigenvalue weighted by Crippen LogP contribution is 2.59. The lowest BCUT2D eigenvalue weighted by Gasteiger charge is -2.53. The average molecular weight is 533 g/mol. The number of allylic oxidation sites excluding steroid dienone is 2. The number of hydrogen-bond donors (Lipinski definition) is 0. The Morgan fingerprint density at radius 3 is 0.947 bits per heavy atom. The van der Waals surface area contributed by atoms with Gasteiger partial charge in [0, 0.05) is 0 Å². The predicted molar refractivity (Wildman–Crippen MR) is 169 cm³/mol. The molecule has 3 aliphatic rings. The minimum atomic E-state index is -0.453. The van der Waals surface area contributed by atoms with Crippen molar-refractivity contribution in [2.24, 2.45) is 23.7 Å². The molecule has 0 N–H and O–H groups in total. The first-order valence-electron chi connectivity index (χ1n) is 14.2. The van der Waals surface area contributed by atoms with Crippen molar-refractivity contribution in [2.75, 3.05) is 0 Å². The second kappa shape index (κ2) is 11.7. The van der Waals surface area contributed by atoms with Crippen molar-refractivity contribution in [1.82, 2.24) is 0 Å². The van der Waals surface area contributed by atoms with Gasteiger partial charge in [0.15, 0.2) is 0 Å². The predicted octanol–water partition coefficient (Wildman–Crippen LogP) is 7.86. The second-order valence-corrected chi connectivity index (χ2v) is 16.2. The molecule has 6 atom stereocenters. The maximum Gasteiger partial charge on any atom is -0.0120 e. The van der Waals surface area contributed by atoms with Gasteiger partial charge in [-0.1, -0.05) is 147 Å². The van der Waals surface area contributed by atoms with Gasteiger partial charge in [-0.15, -0.1) is 0 Å². The van der Waals surface area contributed by atoms with E-state index in [1.165, 1.54) is 34.1 Å². The Kier molecular flexibility index (Phi) is 7.92. The summed E-state index contributed by atoms with van der Waals surface area (Å²) in [5.41, 5.74) is 1.23. The molecule has 0 radical (unpaired) electrons. The molecule has 1 fully saturated rings. The normalized spacial score (nSPS) is 24.0. The van der Waals surface area contributed by atoms with E-state index in [-0.39, 0.29) is 0 Å². The highest BCUT2D eigenvalue weighted by atomic mass is 31.1. The molecular formula is C36H38P2. The van der Waals surface area contributed by atoms with Crippen molar-refractivity contribution in [3.8, 4) is 0 Å². The standard InChI is InChI=1S/C36H38P2/c1-27(37(31-15-7-3-8-16-31)32-17-9-4-10-18-32)35-29-23-25-30(26-24-29)36(35)28(2)38(33-19-11-5-12-20-33)34-21-13-6-14-22-34/h3-23,25,27-30,35-36H,24,26H2,1-2H3/t27-,28-,29?,30?,35+,36+/m1/s1. The third-order valence-electron chi connectivity index (χ3n) is 8.94. The van der Waals surface area contributed by atoms with E-state index < -0.39 is 15.8 Å². The Morgan fingerprint density at radius 2 is 0.711 bits per heavy atom. The van der Waals surface area contributed by atoms with Crippen molar-refractivity contribution in [3.05, 3.63) is 133 Å². The molecule has 0 aliphatic heterocycles. The van der Waals surface area contributed by atoms with E-state index in [1.807, 2.05) is 0 Å². The summed E-state index contributed by atoms with van der Waals surface area (Å²) in [4.78, 5) is 0. The van der Waals surface area contributed by atoms with Gasteiger partial charge in [0.2, 0.25) is 0 Å². The van der Waals surface area contributed by atoms with E-state index in [9.17, 15) is 0 Å². The summed E-state index contributed by atoms with van der Waals surface area (Å²) in [6, 6.07) is 45.6. The maximum atomic E-state index is 2.61. The lowest BCUT2D eigenvalue weighted by Crippen LogP contribution is -2.48. The molecule has 38 heavy (non-hydrogen) atoms. The molecule has 3 aliphatic carbocycles. The molecule has 4 aromatic carbocycles. The topological polar surface area (TPSA) is 0 Å². The van der Waals surface area contributed by atoms with E-state index in [2.05, 4.69) is 147 Å². The van der Waals surface area contributed by atoms with Crippen LogP contribution < -0.4 is 21.2 Å². The molecule has 2 heteroatoms. The number of hydrogen-bond acceptors (Lipinski definition) is 0. The van der Waals surface area contributed by atoms with E-state index in [0.29, 0.717) is 35.0 Å². The molecule has 0 amide bonds. The van der Waals surface area contributed by atoms with Gasteiger partial charge in [-0.2, -0.15) is 0 Å². The zero-order chi connectivity index (χ0) is 25.9. The van der Waals surface area contributed by atoms with Gasteiger partial charge in [0.1, 0.15) is 0 Å². The van der Waals surface area contributed by atoms with Crippen LogP contribution >= 0.6 is 15.8 Å². The summed E-state index contributed by atoms with van der Waals surface area (Å²) in [6.45, 7) is 5.19. The van der Waals surface area contributed by atoms with Gasteiger partial charge < -0.3 is 0 Å². The third kappa shape index (κ3) is 5.07. The second-order valence-electron chi connectivity index (χ2n) is 11.0. The summed E-state index contributed by atoms with van der Waals surface area (Å²) in [6.07, 6.45) is 7.91. The average Bonchev–Trinajstić information content (AvgIpc) is 2.99. The highest BCUT2D eigenvalue weighted by molar-refractivity contribution is 7.74. The Labute approximate surface area is 231 Å². The lowest BCUT2D eigenvalue weighted by atomic mass is 9.60. The molecule has 0 saturated heterocycles. The Hall–Kier alpha value is -2.52. The Morgan fingerprint density at radius 1 is 0.447 bits per heavy atom. The molecule has 0 nitrogen and oxygen atoms in total. The van der Waals surface area contributed by atoms with Gasteiger partial charge >= 0.3 is 0 Å². The zero-order valence-corrected chi connectivity index (χ0v) is 24.3. The smallest absolute Gasteiger partial charge is 0.0120 e. The van der Waals surface area contributed by atoms with E-state index >= 15 is 0 Å². The fourth-order valence-corrected chi connectivity index (χ4v) is 13.4. The van der Waals surface area contributed by atoms with Crippen LogP contribution in [-0.4, -0.2) is 11.3 Å². The number of fused-ring (bicyclic) bond motifs is 2. The molecule has 0 aromatic heterocycles. The zero-order valence-electron chi connectivity index (χ0n) is 22.5. The lowest BCUT2D eigenvalue weighted by molar-refractivity contribution is 0.121. The molecule has 4 aromatic rings. The monoisotopic (exact) mass is 532 g/mol. The summed E-state index contributed by atoms with van der Waals surface area (Å²) < 4.78 is 0. The molecule has 7 rings (SSSR count). The third-order valence-corrected chi connectivity index (χ3v) is 14.7. The van der Waals surface area contributed by atoms with E-state index in [4.69, 9.17) is 0 Å². The first-order valence-corrected chi connectivity index (χ1v) is 17.0. The van der Waals surface area contributed by atoms with Crippen molar-refractivity contribution in [2.45, 2.75) is 38.0 Å². The summed E-state index contributed by atoms with van der Waals surface area (Å²) >= 11 is 0. The molecular weight excluding hydrogens is 494 g/mol. The molecule has 2 bridgehead atoms. The van der Waals surface area contributed by atoms with Crippen LogP contribution in [-0.2, 0) is 0 Å². The minimum Gasteiger partial charge on any atom is -0.0848 e. The van der Waals surface area contributed by atoms with Crippen LogP contribution in [0.1, 0.15) is 26.7 Å². The van der Waals surface area contributed by atoms with Crippen LogP contribution in [0.2, 0.25) is 0 Å². The Balaban J connectivity index is 1.43. The van der Waals surface area contributed by atoms with Crippen molar-refractivity contribution >= 4 is 37.1 Å². The van der Waals surface area contributed by atoms with Crippen LogP contribution in [0.3, 0.4) is 0 Å². The van der Waals surface area contributed by atoms with Crippen LogP contribution in [0.5, 0.6) is 0 Å². The molecule has 2 unspecified atom stereocenters. The fourth-order valence-electron chi connectivity index (χ4n) is 7.37. The maximum absolute atomic E-state index is 2.61. The van der Waals surface area contributed by atoms with E-state index in [1.54, 1.807) is 0 Å². The highest BCUT2D eigenvalue weighted by Gasteiger charge is 2.49. The van der Waals surface area contributed by atoms with Crippen LogP contribution in [0.25, 0.3) is 0 Å². The molecule has 0 spiro atoms. The van der Waals surface area contributed by atoms with Gasteiger partial charge in [-0.05, 0) is 84.9 Å². The van der Waals surface area contributed by atoms with Gasteiger partial charge in [0.25, 0.3) is 0 Å². The minimum absolute atomic E-state index is 0.453. The molecule has 0 heterocycles. The molecule has 1 saturated carbocycles. The van der Waals surface area contributed by atoms with Gasteiger partial charge in [0.05, 0.1) is 0 Å². The molecule has 192 valence electrons. The summed E-state index contributed by atoms with van der Waals surface area (Å²) in [7, 11) is -0.905. The Bertz CT molecular complexity index is 1140. The fraction of sp³-hybridized carbons (Fsp3) is 0.278. The van der Waals surface area contributed by atoms with Crippen molar-refractivity contribution in [1.29, 1.82) is 0 Å². The number of rotatable bonds is 8. The largest absolute Gasteiger partial charge is 0.0848 e. The summed E-state index contributed by atoms with van der Waals surface area (Å²) in [5, 5.41) is 6.08. The quantitative estimate of drug-likeness (QED) is 0.160. The van der Waals surface area contributed by atoms with Crippen LogP contribution in [0, 0.1) is 23.7 Å². The van der Waals surface area contributed by atoms with Gasteiger partial charge in [-0.25, -0.2) is 0 Å². The SMILES string of the molecule is C[C@H]([C@H]1C2C=CC(CC2)[C@@H]1[C@@H](C)P(c1ccccc1)c1ccccc1)P(c1ccccc1)c1ccccc1. The van der Waals surface area contributed by atoms with Crippen molar-refractivity contribution in [3.63, 3.8) is 0 Å². The first-order chi connectivity index (χ1) is 18.7. The van der Waals surface area contributed by atoms with Crippen LogP contribution in [0.4, 0.5) is 0 Å². The number of benzene rings is 4. The van der Waals surface area contributed by atoms with Crippen LogP contribution in [0.15, 0.2) is 133 Å². The first kappa shape index (κ1) is 25.7. The van der Waals surface area contributed by atoms with E-state index in [0.717, 1.165) is 0 Å².